The normalized spacial score (nSPS) is 17.4. The first kappa shape index (κ1) is 25.2. The molecule has 0 unspecified atom stereocenters. The van der Waals surface area contributed by atoms with E-state index in [0.717, 1.165) is 38.5 Å². The lowest BCUT2D eigenvalue weighted by atomic mass is 9.78. The number of carboxylic acids is 1. The Hall–Kier alpha value is -3.49. The summed E-state index contributed by atoms with van der Waals surface area (Å²) in [6.45, 7) is 0. The summed E-state index contributed by atoms with van der Waals surface area (Å²) in [7, 11) is 0. The first-order chi connectivity index (χ1) is 18.0. The van der Waals surface area contributed by atoms with Crippen LogP contribution in [0.25, 0.3) is 21.3 Å². The SMILES string of the molecule is O=C(CSc1nc2ccc(NC(=O)[C@@H]3CCCC[C@H]3C(=O)O)cc2s1)c1ccc(-c2ccccc2)cc1. The van der Waals surface area contributed by atoms with E-state index in [9.17, 15) is 19.5 Å². The van der Waals surface area contributed by atoms with E-state index < -0.39 is 17.8 Å². The second kappa shape index (κ2) is 11.3. The molecule has 0 spiro atoms. The van der Waals surface area contributed by atoms with E-state index in [-0.39, 0.29) is 17.4 Å². The van der Waals surface area contributed by atoms with Crippen molar-refractivity contribution >= 4 is 56.7 Å². The largest absolute Gasteiger partial charge is 0.481 e. The van der Waals surface area contributed by atoms with Crippen molar-refractivity contribution in [3.05, 3.63) is 78.4 Å². The molecule has 1 heterocycles. The molecule has 1 saturated carbocycles. The molecule has 0 radical (unpaired) electrons. The summed E-state index contributed by atoms with van der Waals surface area (Å²) in [6, 6.07) is 23.2. The van der Waals surface area contributed by atoms with Gasteiger partial charge in [-0.25, -0.2) is 4.98 Å². The highest BCUT2D eigenvalue weighted by Crippen LogP contribution is 2.34. The third-order valence-corrected chi connectivity index (χ3v) is 8.86. The van der Waals surface area contributed by atoms with Gasteiger partial charge in [0.15, 0.2) is 10.1 Å². The average Bonchev–Trinajstić information content (AvgIpc) is 3.34. The predicted molar refractivity (Wildman–Crippen MR) is 148 cm³/mol. The van der Waals surface area contributed by atoms with Crippen molar-refractivity contribution in [2.24, 2.45) is 11.8 Å². The van der Waals surface area contributed by atoms with Gasteiger partial charge in [-0.3, -0.25) is 14.4 Å². The number of nitrogens with zero attached hydrogens (tertiary/aromatic N) is 1. The smallest absolute Gasteiger partial charge is 0.307 e. The van der Waals surface area contributed by atoms with Gasteiger partial charge < -0.3 is 10.4 Å². The van der Waals surface area contributed by atoms with E-state index in [1.165, 1.54) is 23.1 Å². The number of aliphatic carboxylic acids is 1. The number of ketones is 1. The number of benzene rings is 3. The van der Waals surface area contributed by atoms with Gasteiger partial charge in [-0.2, -0.15) is 0 Å². The maximum atomic E-state index is 12.8. The summed E-state index contributed by atoms with van der Waals surface area (Å²) >= 11 is 2.87. The molecule has 1 aliphatic rings. The standard InChI is InChI=1S/C29H26N2O4S2/c32-25(20-12-10-19(11-13-20)18-6-2-1-3-7-18)17-36-29-31-24-15-14-21(16-26(24)37-29)30-27(33)22-8-4-5-9-23(22)28(34)35/h1-3,6-7,10-16,22-23H,4-5,8-9,17H2,(H,30,33)(H,34,35)/t22-,23-/m1/s1. The van der Waals surface area contributed by atoms with Gasteiger partial charge in [0.25, 0.3) is 0 Å². The predicted octanol–water partition coefficient (Wildman–Crippen LogP) is 6.77. The van der Waals surface area contributed by atoms with Crippen LogP contribution in [0.4, 0.5) is 5.69 Å². The molecule has 3 aromatic carbocycles. The number of Topliss-reactive ketones (excluding diaryl/α,β-unsaturated/α-hetero) is 1. The summed E-state index contributed by atoms with van der Waals surface area (Å²) in [6.07, 6.45) is 2.84. The Balaban J connectivity index is 1.21. The summed E-state index contributed by atoms with van der Waals surface area (Å²) in [4.78, 5) is 41.7. The quantitative estimate of drug-likeness (QED) is 0.193. The van der Waals surface area contributed by atoms with E-state index in [0.29, 0.717) is 24.1 Å². The molecule has 2 atom stereocenters. The highest BCUT2D eigenvalue weighted by atomic mass is 32.2. The number of rotatable bonds is 8. The van der Waals surface area contributed by atoms with Gasteiger partial charge in [0.1, 0.15) is 0 Å². The van der Waals surface area contributed by atoms with Gasteiger partial charge >= 0.3 is 5.97 Å². The number of nitrogens with one attached hydrogen (secondary N) is 1. The van der Waals surface area contributed by atoms with Gasteiger partial charge in [-0.15, -0.1) is 11.3 Å². The van der Waals surface area contributed by atoms with Gasteiger partial charge in [0, 0.05) is 11.3 Å². The Bertz CT molecular complexity index is 1430. The van der Waals surface area contributed by atoms with E-state index in [4.69, 9.17) is 0 Å². The van der Waals surface area contributed by atoms with Crippen LogP contribution in [-0.4, -0.2) is 33.5 Å². The zero-order chi connectivity index (χ0) is 25.8. The third kappa shape index (κ3) is 5.92. The molecule has 5 rings (SSSR count). The number of hydrogen-bond donors (Lipinski definition) is 2. The molecule has 1 aromatic heterocycles. The minimum absolute atomic E-state index is 0.0392. The second-order valence-corrected chi connectivity index (χ2v) is 11.4. The Kier molecular flexibility index (Phi) is 7.67. The number of carboxylic acid groups (broad SMARTS) is 1. The summed E-state index contributed by atoms with van der Waals surface area (Å²) < 4.78 is 1.68. The Morgan fingerprint density at radius 1 is 0.919 bits per heavy atom. The maximum Gasteiger partial charge on any atom is 0.307 e. The number of thioether (sulfide) groups is 1. The van der Waals surface area contributed by atoms with E-state index >= 15 is 0 Å². The van der Waals surface area contributed by atoms with Crippen LogP contribution in [0.5, 0.6) is 0 Å². The van der Waals surface area contributed by atoms with Crippen LogP contribution in [0.15, 0.2) is 77.1 Å². The lowest BCUT2D eigenvalue weighted by molar-refractivity contribution is -0.147. The van der Waals surface area contributed by atoms with Crippen LogP contribution in [0.3, 0.4) is 0 Å². The fraction of sp³-hybridized carbons (Fsp3) is 0.241. The lowest BCUT2D eigenvalue weighted by Gasteiger charge is -2.27. The minimum Gasteiger partial charge on any atom is -0.481 e. The Morgan fingerprint density at radius 3 is 2.35 bits per heavy atom. The molecule has 1 aliphatic carbocycles. The van der Waals surface area contributed by atoms with E-state index in [1.807, 2.05) is 66.7 Å². The first-order valence-electron chi connectivity index (χ1n) is 12.2. The molecule has 0 saturated heterocycles. The maximum absolute atomic E-state index is 12.8. The van der Waals surface area contributed by atoms with Crippen molar-refractivity contribution in [3.8, 4) is 11.1 Å². The van der Waals surface area contributed by atoms with Crippen LogP contribution >= 0.6 is 23.1 Å². The van der Waals surface area contributed by atoms with Gasteiger partial charge in [-0.05, 0) is 42.2 Å². The van der Waals surface area contributed by atoms with Gasteiger partial charge in [0.05, 0.1) is 27.8 Å². The van der Waals surface area contributed by atoms with Crippen LogP contribution in [0, 0.1) is 11.8 Å². The minimum atomic E-state index is -0.902. The number of carbonyl (C=O) groups is 3. The van der Waals surface area contributed by atoms with E-state index in [1.54, 1.807) is 6.07 Å². The van der Waals surface area contributed by atoms with Crippen molar-refractivity contribution in [2.45, 2.75) is 30.0 Å². The fourth-order valence-corrected chi connectivity index (χ4v) is 6.71. The van der Waals surface area contributed by atoms with Gasteiger partial charge in [-0.1, -0.05) is 79.2 Å². The molecule has 0 aliphatic heterocycles. The number of amides is 1. The monoisotopic (exact) mass is 530 g/mol. The van der Waals surface area contributed by atoms with Crippen molar-refractivity contribution in [3.63, 3.8) is 0 Å². The lowest BCUT2D eigenvalue weighted by Crippen LogP contribution is -2.36. The molecule has 2 N–H and O–H groups in total. The van der Waals surface area contributed by atoms with Crippen molar-refractivity contribution in [2.75, 3.05) is 11.1 Å². The number of thiazole rings is 1. The zero-order valence-electron chi connectivity index (χ0n) is 20.1. The molecular weight excluding hydrogens is 504 g/mol. The molecule has 37 heavy (non-hydrogen) atoms. The molecule has 0 bridgehead atoms. The van der Waals surface area contributed by atoms with Crippen LogP contribution in [-0.2, 0) is 9.59 Å². The van der Waals surface area contributed by atoms with E-state index in [2.05, 4.69) is 10.3 Å². The second-order valence-electron chi connectivity index (χ2n) is 9.14. The molecule has 4 aromatic rings. The summed E-state index contributed by atoms with van der Waals surface area (Å²) in [5.74, 6) is -1.96. The average molecular weight is 531 g/mol. The zero-order valence-corrected chi connectivity index (χ0v) is 21.7. The van der Waals surface area contributed by atoms with Gasteiger partial charge in [0.2, 0.25) is 5.91 Å². The van der Waals surface area contributed by atoms with Crippen molar-refractivity contribution in [1.82, 2.24) is 4.98 Å². The Labute approximate surface area is 223 Å². The third-order valence-electron chi connectivity index (χ3n) is 6.70. The van der Waals surface area contributed by atoms with Crippen LogP contribution in [0.2, 0.25) is 0 Å². The van der Waals surface area contributed by atoms with Crippen molar-refractivity contribution < 1.29 is 19.5 Å². The summed E-state index contributed by atoms with van der Waals surface area (Å²) in [5, 5.41) is 12.4. The summed E-state index contributed by atoms with van der Waals surface area (Å²) in [5.41, 5.74) is 4.27. The molecule has 188 valence electrons. The molecule has 1 amide bonds. The van der Waals surface area contributed by atoms with Crippen LogP contribution in [0.1, 0.15) is 36.0 Å². The first-order valence-corrected chi connectivity index (χ1v) is 14.0. The highest BCUT2D eigenvalue weighted by molar-refractivity contribution is 8.01. The Morgan fingerprint density at radius 2 is 1.62 bits per heavy atom. The molecule has 8 heteroatoms. The molecule has 6 nitrogen and oxygen atoms in total. The molecule has 1 fully saturated rings. The number of hydrogen-bond acceptors (Lipinski definition) is 6. The number of aromatic nitrogens is 1. The van der Waals surface area contributed by atoms with Crippen LogP contribution < -0.4 is 5.32 Å². The number of anilines is 1. The fourth-order valence-electron chi connectivity index (χ4n) is 4.71. The highest BCUT2D eigenvalue weighted by Gasteiger charge is 2.35. The molecular formula is C29H26N2O4S2. The number of carbonyl (C=O) groups excluding carboxylic acids is 2. The van der Waals surface area contributed by atoms with Crippen molar-refractivity contribution in [1.29, 1.82) is 0 Å². The topological polar surface area (TPSA) is 96.4 Å². The number of fused-ring (bicyclic) bond motifs is 1.